The molecule has 6 heteroatoms. The molecule has 2 aromatic heterocycles. The summed E-state index contributed by atoms with van der Waals surface area (Å²) < 4.78 is 7.30. The molecule has 5 nitrogen and oxygen atoms in total. The summed E-state index contributed by atoms with van der Waals surface area (Å²) in [5, 5.41) is 0. The molecule has 2 heterocycles. The zero-order valence-corrected chi connectivity index (χ0v) is 11.6. The smallest absolute Gasteiger partial charge is 0.201 e. The Morgan fingerprint density at radius 3 is 2.95 bits per heavy atom. The van der Waals surface area contributed by atoms with E-state index >= 15 is 0 Å². The number of thiazole rings is 1. The lowest BCUT2D eigenvalue weighted by Crippen LogP contribution is -2.04. The number of nitrogens with zero attached hydrogens (tertiary/aromatic N) is 3. The largest absolute Gasteiger partial charge is 0.494 e. The van der Waals surface area contributed by atoms with Crippen LogP contribution in [0.15, 0.2) is 23.7 Å². The van der Waals surface area contributed by atoms with Gasteiger partial charge in [-0.3, -0.25) is 0 Å². The van der Waals surface area contributed by atoms with Crippen molar-refractivity contribution in [1.82, 2.24) is 14.5 Å². The molecule has 0 saturated carbocycles. The van der Waals surface area contributed by atoms with E-state index in [2.05, 4.69) is 9.97 Å². The predicted octanol–water partition coefficient (Wildman–Crippen LogP) is 2.44. The number of ether oxygens (including phenoxy) is 1. The summed E-state index contributed by atoms with van der Waals surface area (Å²) in [6, 6.07) is 5.83. The van der Waals surface area contributed by atoms with Crippen LogP contribution in [-0.2, 0) is 6.54 Å². The third-order valence-corrected chi connectivity index (χ3v) is 4.06. The summed E-state index contributed by atoms with van der Waals surface area (Å²) in [5.41, 5.74) is 10.7. The first-order valence-corrected chi connectivity index (χ1v) is 6.76. The molecule has 0 spiro atoms. The molecule has 3 rings (SSSR count). The Hall–Kier alpha value is -2.08. The van der Waals surface area contributed by atoms with Gasteiger partial charge in [-0.05, 0) is 19.1 Å². The Morgan fingerprint density at radius 1 is 1.42 bits per heavy atom. The number of anilines is 1. The molecule has 0 saturated heterocycles. The second-order valence-corrected chi connectivity index (χ2v) is 5.18. The van der Waals surface area contributed by atoms with Gasteiger partial charge in [-0.2, -0.15) is 0 Å². The van der Waals surface area contributed by atoms with Crippen LogP contribution in [-0.4, -0.2) is 21.6 Å². The third kappa shape index (κ3) is 1.94. The summed E-state index contributed by atoms with van der Waals surface area (Å²) in [4.78, 5) is 9.84. The minimum Gasteiger partial charge on any atom is -0.494 e. The number of fused-ring (bicyclic) bond motifs is 1. The van der Waals surface area contributed by atoms with Crippen molar-refractivity contribution >= 4 is 28.3 Å². The molecule has 1 aromatic carbocycles. The van der Waals surface area contributed by atoms with Crippen molar-refractivity contribution in [3.8, 4) is 5.75 Å². The number of rotatable bonds is 3. The summed E-state index contributed by atoms with van der Waals surface area (Å²) in [7, 11) is 1.64. The normalized spacial score (nSPS) is 11.1. The molecule has 0 atom stereocenters. The second kappa shape index (κ2) is 4.55. The van der Waals surface area contributed by atoms with Gasteiger partial charge in [-0.1, -0.05) is 6.07 Å². The number of aromatic nitrogens is 3. The van der Waals surface area contributed by atoms with Crippen molar-refractivity contribution in [3.63, 3.8) is 0 Å². The lowest BCUT2D eigenvalue weighted by molar-refractivity contribution is 0.419. The summed E-state index contributed by atoms with van der Waals surface area (Å²) in [6.07, 6.45) is 0. The SMILES string of the molecule is COc1cccc2c1nc(N)n2Cc1scnc1C. The van der Waals surface area contributed by atoms with Gasteiger partial charge in [0.2, 0.25) is 5.95 Å². The molecule has 0 aliphatic carbocycles. The molecule has 0 aliphatic heterocycles. The molecule has 0 amide bonds. The number of nitrogen functional groups attached to an aromatic ring is 1. The van der Waals surface area contributed by atoms with Gasteiger partial charge in [0.1, 0.15) is 11.3 Å². The fourth-order valence-corrected chi connectivity index (χ4v) is 2.86. The van der Waals surface area contributed by atoms with Crippen LogP contribution in [0.2, 0.25) is 0 Å². The first-order chi connectivity index (χ1) is 9.20. The first kappa shape index (κ1) is 12.0. The maximum Gasteiger partial charge on any atom is 0.201 e. The van der Waals surface area contributed by atoms with E-state index in [1.807, 2.05) is 35.2 Å². The molecular weight excluding hydrogens is 260 g/mol. The zero-order chi connectivity index (χ0) is 13.4. The summed E-state index contributed by atoms with van der Waals surface area (Å²) in [5.74, 6) is 1.23. The Labute approximate surface area is 114 Å². The van der Waals surface area contributed by atoms with E-state index in [1.54, 1.807) is 18.4 Å². The minimum absolute atomic E-state index is 0.493. The van der Waals surface area contributed by atoms with Crippen molar-refractivity contribution in [3.05, 3.63) is 34.3 Å². The quantitative estimate of drug-likeness (QED) is 0.796. The highest BCUT2D eigenvalue weighted by molar-refractivity contribution is 7.09. The Bertz CT molecular complexity index is 731. The van der Waals surface area contributed by atoms with Crippen molar-refractivity contribution in [1.29, 1.82) is 0 Å². The van der Waals surface area contributed by atoms with E-state index in [-0.39, 0.29) is 0 Å². The topological polar surface area (TPSA) is 66.0 Å². The van der Waals surface area contributed by atoms with Gasteiger partial charge in [0.15, 0.2) is 0 Å². The molecule has 0 aliphatic rings. The maximum atomic E-state index is 6.02. The van der Waals surface area contributed by atoms with E-state index in [4.69, 9.17) is 10.5 Å². The second-order valence-electron chi connectivity index (χ2n) is 4.25. The summed E-state index contributed by atoms with van der Waals surface area (Å²) in [6.45, 7) is 2.69. The molecule has 98 valence electrons. The highest BCUT2D eigenvalue weighted by Crippen LogP contribution is 2.28. The third-order valence-electron chi connectivity index (χ3n) is 3.14. The van der Waals surface area contributed by atoms with Gasteiger partial charge in [-0.25, -0.2) is 9.97 Å². The number of hydrogen-bond donors (Lipinski definition) is 1. The zero-order valence-electron chi connectivity index (χ0n) is 10.8. The molecule has 0 radical (unpaired) electrons. The molecular formula is C13H14N4OS. The van der Waals surface area contributed by atoms with Gasteiger partial charge in [-0.15, -0.1) is 11.3 Å². The van der Waals surface area contributed by atoms with E-state index < -0.39 is 0 Å². The number of aryl methyl sites for hydroxylation is 1. The minimum atomic E-state index is 0.493. The van der Waals surface area contributed by atoms with Crippen molar-refractivity contribution in [2.75, 3.05) is 12.8 Å². The van der Waals surface area contributed by atoms with Crippen LogP contribution in [0.1, 0.15) is 10.6 Å². The van der Waals surface area contributed by atoms with Crippen LogP contribution in [0.25, 0.3) is 11.0 Å². The number of nitrogens with two attached hydrogens (primary N) is 1. The Balaban J connectivity index is 2.13. The highest BCUT2D eigenvalue weighted by Gasteiger charge is 2.13. The van der Waals surface area contributed by atoms with Crippen molar-refractivity contribution < 1.29 is 4.74 Å². The van der Waals surface area contributed by atoms with Gasteiger partial charge >= 0.3 is 0 Å². The van der Waals surface area contributed by atoms with Crippen LogP contribution in [0.3, 0.4) is 0 Å². The van der Waals surface area contributed by atoms with Crippen molar-refractivity contribution in [2.45, 2.75) is 13.5 Å². The molecule has 0 bridgehead atoms. The lowest BCUT2D eigenvalue weighted by atomic mass is 10.3. The van der Waals surface area contributed by atoms with Gasteiger partial charge < -0.3 is 15.0 Å². The van der Waals surface area contributed by atoms with Crippen LogP contribution < -0.4 is 10.5 Å². The summed E-state index contributed by atoms with van der Waals surface area (Å²) >= 11 is 1.63. The van der Waals surface area contributed by atoms with Crippen molar-refractivity contribution in [2.24, 2.45) is 0 Å². The number of imidazole rings is 1. The van der Waals surface area contributed by atoms with Crippen LogP contribution in [0.4, 0.5) is 5.95 Å². The standard InChI is InChI=1S/C13H14N4OS/c1-8-11(19-7-15-8)6-17-9-4-3-5-10(18-2)12(9)16-13(17)14/h3-5,7H,6H2,1-2H3,(H2,14,16). The molecule has 0 fully saturated rings. The fraction of sp³-hybridized carbons (Fsp3) is 0.231. The van der Waals surface area contributed by atoms with E-state index in [1.165, 1.54) is 4.88 Å². The predicted molar refractivity (Wildman–Crippen MR) is 76.7 cm³/mol. The average molecular weight is 274 g/mol. The number of benzene rings is 1. The number of para-hydroxylation sites is 1. The maximum absolute atomic E-state index is 6.02. The number of hydrogen-bond acceptors (Lipinski definition) is 5. The molecule has 2 N–H and O–H groups in total. The molecule has 0 unspecified atom stereocenters. The van der Waals surface area contributed by atoms with Crippen LogP contribution in [0.5, 0.6) is 5.75 Å². The molecule has 3 aromatic rings. The number of methoxy groups -OCH3 is 1. The monoisotopic (exact) mass is 274 g/mol. The van der Waals surface area contributed by atoms with E-state index in [0.29, 0.717) is 12.5 Å². The Kier molecular flexibility index (Phi) is 2.87. The van der Waals surface area contributed by atoms with Gasteiger partial charge in [0.05, 0.1) is 30.4 Å². The fourth-order valence-electron chi connectivity index (χ4n) is 2.09. The van der Waals surface area contributed by atoms with Gasteiger partial charge in [0.25, 0.3) is 0 Å². The first-order valence-electron chi connectivity index (χ1n) is 5.88. The van der Waals surface area contributed by atoms with E-state index in [9.17, 15) is 0 Å². The van der Waals surface area contributed by atoms with Gasteiger partial charge in [0, 0.05) is 4.88 Å². The Morgan fingerprint density at radius 2 is 2.26 bits per heavy atom. The highest BCUT2D eigenvalue weighted by atomic mass is 32.1. The lowest BCUT2D eigenvalue weighted by Gasteiger charge is -2.05. The van der Waals surface area contributed by atoms with E-state index in [0.717, 1.165) is 22.5 Å². The average Bonchev–Trinajstić information content (AvgIpc) is 2.95. The van der Waals surface area contributed by atoms with Crippen LogP contribution in [0, 0.1) is 6.92 Å². The van der Waals surface area contributed by atoms with Crippen LogP contribution >= 0.6 is 11.3 Å². The molecule has 19 heavy (non-hydrogen) atoms.